The lowest BCUT2D eigenvalue weighted by Crippen LogP contribution is -2.06. The second kappa shape index (κ2) is 10.7. The van der Waals surface area contributed by atoms with E-state index >= 15 is 0 Å². The van der Waals surface area contributed by atoms with Crippen molar-refractivity contribution in [2.75, 3.05) is 0 Å². The summed E-state index contributed by atoms with van der Waals surface area (Å²) in [5.41, 5.74) is 7.31. The van der Waals surface area contributed by atoms with E-state index in [1.54, 1.807) is 0 Å². The van der Waals surface area contributed by atoms with Gasteiger partial charge in [-0.2, -0.15) is 9.97 Å². The van der Waals surface area contributed by atoms with Crippen LogP contribution in [-0.4, -0.2) is 24.5 Å². The quantitative estimate of drug-likeness (QED) is 0.188. The first-order valence-corrected chi connectivity index (χ1v) is 16.8. The minimum atomic E-state index is 0.465. The average Bonchev–Trinajstić information content (AvgIpc) is 3.90. The second-order valence-electron chi connectivity index (χ2n) is 12.6. The number of hydrogen-bond acceptors (Lipinski definition) is 6. The summed E-state index contributed by atoms with van der Waals surface area (Å²) in [6.45, 7) is 0. The van der Waals surface area contributed by atoms with E-state index in [0.717, 1.165) is 76.7 Å². The zero-order valence-electron chi connectivity index (χ0n) is 27.0. The van der Waals surface area contributed by atoms with Crippen molar-refractivity contribution in [3.8, 4) is 40.2 Å². The van der Waals surface area contributed by atoms with E-state index in [-0.39, 0.29) is 0 Å². The maximum atomic E-state index is 6.67. The van der Waals surface area contributed by atoms with Gasteiger partial charge in [-0.1, -0.05) is 109 Å². The average molecular weight is 656 g/mol. The Hall–Kier alpha value is -7.12. The lowest BCUT2D eigenvalue weighted by molar-refractivity contribution is 0.621. The molecule has 7 heteroatoms. The zero-order valence-corrected chi connectivity index (χ0v) is 27.0. The first kappa shape index (κ1) is 27.8. The van der Waals surface area contributed by atoms with Crippen molar-refractivity contribution in [2.24, 2.45) is 0 Å². The summed E-state index contributed by atoms with van der Waals surface area (Å²) >= 11 is 0. The molecule has 0 radical (unpaired) electrons. The molecule has 7 aromatic carbocycles. The predicted octanol–water partition coefficient (Wildman–Crippen LogP) is 11.2. The summed E-state index contributed by atoms with van der Waals surface area (Å²) in [5, 5.41) is 6.43. The maximum absolute atomic E-state index is 6.67. The van der Waals surface area contributed by atoms with Crippen molar-refractivity contribution in [2.45, 2.75) is 0 Å². The van der Waals surface area contributed by atoms with E-state index in [0.29, 0.717) is 29.1 Å². The van der Waals surface area contributed by atoms with Crippen LogP contribution in [-0.2, 0) is 0 Å². The van der Waals surface area contributed by atoms with Gasteiger partial charge in [0.1, 0.15) is 22.2 Å². The number of oxazole rings is 1. The molecule has 0 N–H and O–H groups in total. The van der Waals surface area contributed by atoms with Crippen molar-refractivity contribution in [1.29, 1.82) is 0 Å². The van der Waals surface area contributed by atoms with E-state index in [4.69, 9.17) is 28.8 Å². The molecule has 0 atom stereocenters. The van der Waals surface area contributed by atoms with E-state index in [1.807, 2.05) is 97.1 Å². The SMILES string of the molecule is c1ccc(-c2nc(-c3cccc4c3oc3ccccc34)nc(-n3c4ccc5ccccc5c4c4ccc5nc(-c6ccccc6)oc5c43)n2)cc1. The molecule has 0 bridgehead atoms. The van der Waals surface area contributed by atoms with E-state index in [9.17, 15) is 0 Å². The molecule has 0 spiro atoms. The standard InChI is InChI=1S/C44H25N5O2/c1-3-13-27(14-4-1)41-46-42(33-20-11-19-31-30-18-9-10-21-36(30)50-39(31)33)48-44(47-41)49-35-25-22-26-12-7-8-17-29(26)37(35)32-23-24-34-40(38(32)49)51-43(45-34)28-15-5-2-6-16-28/h1-25H. The van der Waals surface area contributed by atoms with Crippen LogP contribution in [0.5, 0.6) is 0 Å². The molecule has 11 aromatic rings. The highest BCUT2D eigenvalue weighted by molar-refractivity contribution is 6.25. The van der Waals surface area contributed by atoms with Crippen LogP contribution in [0.2, 0.25) is 0 Å². The largest absolute Gasteiger partial charge is 0.455 e. The molecule has 0 fully saturated rings. The molecular formula is C44H25N5O2. The summed E-state index contributed by atoms with van der Waals surface area (Å²) in [6, 6.07) is 51.1. The van der Waals surface area contributed by atoms with Crippen LogP contribution >= 0.6 is 0 Å². The number of nitrogens with zero attached hydrogens (tertiary/aromatic N) is 5. The highest BCUT2D eigenvalue weighted by Crippen LogP contribution is 2.41. The summed E-state index contributed by atoms with van der Waals surface area (Å²) in [6.07, 6.45) is 0. The van der Waals surface area contributed by atoms with Gasteiger partial charge in [-0.15, -0.1) is 0 Å². The lowest BCUT2D eigenvalue weighted by Gasteiger charge is -2.11. The second-order valence-corrected chi connectivity index (χ2v) is 12.6. The Labute approximate surface area is 290 Å². The highest BCUT2D eigenvalue weighted by atomic mass is 16.3. The Balaban J connectivity index is 1.27. The molecule has 0 amide bonds. The van der Waals surface area contributed by atoms with Gasteiger partial charge in [0.05, 0.1) is 11.1 Å². The van der Waals surface area contributed by atoms with Crippen LogP contribution in [0.1, 0.15) is 0 Å². The molecule has 0 aliphatic rings. The van der Waals surface area contributed by atoms with Gasteiger partial charge in [0.15, 0.2) is 17.2 Å². The molecule has 0 aliphatic heterocycles. The highest BCUT2D eigenvalue weighted by Gasteiger charge is 2.24. The molecule has 4 heterocycles. The van der Waals surface area contributed by atoms with Crippen LogP contribution in [0.3, 0.4) is 0 Å². The monoisotopic (exact) mass is 655 g/mol. The van der Waals surface area contributed by atoms with Crippen molar-refractivity contribution in [3.63, 3.8) is 0 Å². The van der Waals surface area contributed by atoms with Crippen LogP contribution in [0.25, 0.3) is 106 Å². The number of aromatic nitrogens is 5. The first-order chi connectivity index (χ1) is 25.3. The fraction of sp³-hybridized carbons (Fsp3) is 0. The van der Waals surface area contributed by atoms with E-state index < -0.39 is 0 Å². The first-order valence-electron chi connectivity index (χ1n) is 16.8. The summed E-state index contributed by atoms with van der Waals surface area (Å²) < 4.78 is 15.3. The molecular weight excluding hydrogens is 631 g/mol. The Kier molecular flexibility index (Phi) is 5.83. The van der Waals surface area contributed by atoms with Crippen molar-refractivity contribution in [3.05, 3.63) is 152 Å². The normalized spacial score (nSPS) is 11.9. The zero-order chi connectivity index (χ0) is 33.5. The summed E-state index contributed by atoms with van der Waals surface area (Å²) in [5.74, 6) is 2.08. The van der Waals surface area contributed by atoms with Gasteiger partial charge in [-0.25, -0.2) is 9.97 Å². The third-order valence-corrected chi connectivity index (χ3v) is 9.69. The van der Waals surface area contributed by atoms with Crippen LogP contribution in [0, 0.1) is 0 Å². The smallest absolute Gasteiger partial charge is 0.238 e. The van der Waals surface area contributed by atoms with Crippen LogP contribution in [0.4, 0.5) is 0 Å². The number of furan rings is 1. The molecule has 11 rings (SSSR count). The minimum Gasteiger partial charge on any atom is -0.455 e. The summed E-state index contributed by atoms with van der Waals surface area (Å²) in [7, 11) is 0. The predicted molar refractivity (Wildman–Crippen MR) is 203 cm³/mol. The lowest BCUT2D eigenvalue weighted by atomic mass is 10.0. The molecule has 51 heavy (non-hydrogen) atoms. The number of hydrogen-bond donors (Lipinski definition) is 0. The fourth-order valence-corrected chi connectivity index (χ4v) is 7.39. The van der Waals surface area contributed by atoms with E-state index in [2.05, 4.69) is 59.2 Å². The Morgan fingerprint density at radius 3 is 2.04 bits per heavy atom. The van der Waals surface area contributed by atoms with Gasteiger partial charge in [0.25, 0.3) is 0 Å². The minimum absolute atomic E-state index is 0.465. The van der Waals surface area contributed by atoms with Gasteiger partial charge in [0.2, 0.25) is 11.8 Å². The topological polar surface area (TPSA) is 82.8 Å². The van der Waals surface area contributed by atoms with Gasteiger partial charge < -0.3 is 8.83 Å². The molecule has 4 aromatic heterocycles. The maximum Gasteiger partial charge on any atom is 0.238 e. The van der Waals surface area contributed by atoms with Crippen molar-refractivity contribution < 1.29 is 8.83 Å². The van der Waals surface area contributed by atoms with E-state index in [1.165, 1.54) is 0 Å². The third kappa shape index (κ3) is 4.18. The number of fused-ring (bicyclic) bond motifs is 10. The Bertz CT molecular complexity index is 3140. The number of benzene rings is 7. The van der Waals surface area contributed by atoms with Gasteiger partial charge in [0, 0.05) is 32.7 Å². The fourth-order valence-electron chi connectivity index (χ4n) is 7.39. The van der Waals surface area contributed by atoms with Crippen molar-refractivity contribution in [1.82, 2.24) is 24.5 Å². The Morgan fingerprint density at radius 1 is 0.451 bits per heavy atom. The van der Waals surface area contributed by atoms with Gasteiger partial charge in [-0.3, -0.25) is 4.57 Å². The molecule has 0 unspecified atom stereocenters. The number of para-hydroxylation sites is 2. The summed E-state index contributed by atoms with van der Waals surface area (Å²) in [4.78, 5) is 20.5. The van der Waals surface area contributed by atoms with Gasteiger partial charge >= 0.3 is 0 Å². The third-order valence-electron chi connectivity index (χ3n) is 9.69. The van der Waals surface area contributed by atoms with Crippen molar-refractivity contribution >= 4 is 65.6 Å². The molecule has 0 saturated carbocycles. The molecule has 7 nitrogen and oxygen atoms in total. The molecule has 238 valence electrons. The van der Waals surface area contributed by atoms with Crippen LogP contribution in [0.15, 0.2) is 160 Å². The Morgan fingerprint density at radius 2 is 1.18 bits per heavy atom. The van der Waals surface area contributed by atoms with Gasteiger partial charge in [-0.05, 0) is 53.2 Å². The number of rotatable bonds is 4. The van der Waals surface area contributed by atoms with Crippen LogP contribution < -0.4 is 0 Å². The molecule has 0 aliphatic carbocycles. The molecule has 0 saturated heterocycles.